The molecule has 36 heavy (non-hydrogen) atoms. The van der Waals surface area contributed by atoms with Crippen molar-refractivity contribution in [1.29, 1.82) is 0 Å². The van der Waals surface area contributed by atoms with Crippen molar-refractivity contribution in [3.05, 3.63) is 36.0 Å². The summed E-state index contributed by atoms with van der Waals surface area (Å²) in [5, 5.41) is 17.0. The summed E-state index contributed by atoms with van der Waals surface area (Å²) in [5.74, 6) is -5.61. The van der Waals surface area contributed by atoms with Crippen LogP contribution >= 0.6 is 23.1 Å². The summed E-state index contributed by atoms with van der Waals surface area (Å²) in [6, 6.07) is 5.34. The van der Waals surface area contributed by atoms with E-state index in [1.165, 1.54) is 17.5 Å². The standard InChI is InChI=1S/C19H13F3N4OS2.C2HF3O2/c1-28-17-13(9-6-23-26-16(9)14(21)15(17)22)7-2-3-11-12(4-7)29-19(24-11)25-18(27)8-5-10(8)20;3-2(4,5)1(6)7/h2-4,6,8,10H,5H2,1H3,(H,23,26)(H,24,25,27);(H,6,7)/t8-,10+;/m1./s1. The van der Waals surface area contributed by atoms with Crippen molar-refractivity contribution in [3.8, 4) is 11.1 Å². The molecule has 2 aromatic heterocycles. The lowest BCUT2D eigenvalue weighted by Gasteiger charge is -2.11. The van der Waals surface area contributed by atoms with Gasteiger partial charge in [0.05, 0.1) is 27.2 Å². The molecule has 3 N–H and O–H groups in total. The van der Waals surface area contributed by atoms with E-state index in [1.807, 2.05) is 6.07 Å². The Morgan fingerprint density at radius 1 is 1.25 bits per heavy atom. The van der Waals surface area contributed by atoms with Crippen LogP contribution in [0.5, 0.6) is 0 Å². The highest BCUT2D eigenvalue weighted by Crippen LogP contribution is 2.42. The summed E-state index contributed by atoms with van der Waals surface area (Å²) in [4.78, 5) is 25.4. The fraction of sp³-hybridized carbons (Fsp3) is 0.238. The number of fused-ring (bicyclic) bond motifs is 2. The SMILES string of the molecule is CSc1c(F)c(F)c2[nH]ncc2c1-c1ccc2nc(NC(=O)[C@@H]3C[C@@H]3F)sc2c1.O=C(O)C(F)(F)F. The molecule has 0 saturated heterocycles. The Morgan fingerprint density at radius 3 is 2.50 bits per heavy atom. The quantitative estimate of drug-likeness (QED) is 0.221. The van der Waals surface area contributed by atoms with Crippen molar-refractivity contribution < 1.29 is 41.0 Å². The van der Waals surface area contributed by atoms with Crippen molar-refractivity contribution in [2.45, 2.75) is 23.7 Å². The Balaban J connectivity index is 0.000000384. The maximum atomic E-state index is 14.6. The molecule has 2 heterocycles. The predicted octanol–water partition coefficient (Wildman–Crippen LogP) is 5.77. The number of alkyl halides is 4. The Hall–Kier alpha value is -3.33. The summed E-state index contributed by atoms with van der Waals surface area (Å²) >= 11 is 2.36. The number of carboxylic acid groups (broad SMARTS) is 1. The highest BCUT2D eigenvalue weighted by Gasteiger charge is 2.44. The van der Waals surface area contributed by atoms with Gasteiger partial charge in [0.25, 0.3) is 0 Å². The Morgan fingerprint density at radius 2 is 1.92 bits per heavy atom. The molecule has 1 aliphatic carbocycles. The second-order valence-corrected chi connectivity index (χ2v) is 9.39. The average Bonchev–Trinajstić information content (AvgIpc) is 3.19. The maximum Gasteiger partial charge on any atom is 0.490 e. The first-order valence-corrected chi connectivity index (χ1v) is 12.0. The Kier molecular flexibility index (Phi) is 6.88. The van der Waals surface area contributed by atoms with E-state index >= 15 is 0 Å². The van der Waals surface area contributed by atoms with Crippen LogP contribution in [-0.2, 0) is 9.59 Å². The zero-order chi connectivity index (χ0) is 26.4. The Bertz CT molecular complexity index is 1490. The van der Waals surface area contributed by atoms with E-state index < -0.39 is 35.9 Å². The third-order valence-electron chi connectivity index (χ3n) is 5.15. The molecular weight excluding hydrogens is 534 g/mol. The Labute approximate surface area is 205 Å². The number of rotatable bonds is 4. The molecule has 0 aliphatic heterocycles. The first-order chi connectivity index (χ1) is 16.9. The number of amides is 1. The monoisotopic (exact) mass is 548 g/mol. The second kappa shape index (κ2) is 9.61. The topological polar surface area (TPSA) is 108 Å². The van der Waals surface area contributed by atoms with Gasteiger partial charge in [-0.2, -0.15) is 18.3 Å². The molecule has 0 bridgehead atoms. The van der Waals surface area contributed by atoms with Crippen molar-refractivity contribution >= 4 is 61.2 Å². The molecule has 190 valence electrons. The van der Waals surface area contributed by atoms with E-state index in [4.69, 9.17) is 9.90 Å². The molecule has 0 spiro atoms. The van der Waals surface area contributed by atoms with E-state index in [0.29, 0.717) is 27.2 Å². The van der Waals surface area contributed by atoms with Gasteiger partial charge in [-0.1, -0.05) is 17.4 Å². The number of carbonyl (C=O) groups is 2. The van der Waals surface area contributed by atoms with Crippen molar-refractivity contribution in [1.82, 2.24) is 15.2 Å². The van der Waals surface area contributed by atoms with Gasteiger partial charge in [0.1, 0.15) is 11.7 Å². The molecule has 2 aromatic carbocycles. The van der Waals surface area contributed by atoms with E-state index in [1.54, 1.807) is 18.4 Å². The number of hydrogen-bond acceptors (Lipinski definition) is 6. The summed E-state index contributed by atoms with van der Waals surface area (Å²) < 4.78 is 74.5. The van der Waals surface area contributed by atoms with Crippen LogP contribution in [-0.4, -0.2) is 50.8 Å². The molecule has 1 aliphatic rings. The van der Waals surface area contributed by atoms with Crippen LogP contribution in [0.4, 0.5) is 31.5 Å². The largest absolute Gasteiger partial charge is 0.490 e. The number of nitrogens with one attached hydrogen (secondary N) is 2. The second-order valence-electron chi connectivity index (χ2n) is 7.55. The number of thioether (sulfide) groups is 1. The summed E-state index contributed by atoms with van der Waals surface area (Å²) in [6.07, 6.45) is -2.76. The number of halogens is 6. The van der Waals surface area contributed by atoms with Gasteiger partial charge in [-0.05, 0) is 30.4 Å². The zero-order valence-corrected chi connectivity index (χ0v) is 19.5. The number of H-pyrrole nitrogens is 1. The van der Waals surface area contributed by atoms with Crippen LogP contribution in [0, 0.1) is 17.6 Å². The predicted molar refractivity (Wildman–Crippen MR) is 122 cm³/mol. The number of aromatic nitrogens is 3. The van der Waals surface area contributed by atoms with Crippen LogP contribution < -0.4 is 5.32 Å². The van der Waals surface area contributed by atoms with Gasteiger partial charge in [0.15, 0.2) is 16.8 Å². The van der Waals surface area contributed by atoms with Gasteiger partial charge in [-0.25, -0.2) is 22.9 Å². The summed E-state index contributed by atoms with van der Waals surface area (Å²) in [7, 11) is 0. The summed E-state index contributed by atoms with van der Waals surface area (Å²) in [6.45, 7) is 0. The van der Waals surface area contributed by atoms with Gasteiger partial charge in [-0.3, -0.25) is 9.89 Å². The van der Waals surface area contributed by atoms with Gasteiger partial charge in [0.2, 0.25) is 5.91 Å². The highest BCUT2D eigenvalue weighted by atomic mass is 32.2. The highest BCUT2D eigenvalue weighted by molar-refractivity contribution is 7.98. The van der Waals surface area contributed by atoms with E-state index in [-0.39, 0.29) is 22.7 Å². The van der Waals surface area contributed by atoms with Crippen molar-refractivity contribution in [3.63, 3.8) is 0 Å². The van der Waals surface area contributed by atoms with Gasteiger partial charge >= 0.3 is 12.1 Å². The normalized spacial score (nSPS) is 17.1. The number of carbonyl (C=O) groups excluding carboxylic acids is 1. The molecule has 7 nitrogen and oxygen atoms in total. The van der Waals surface area contributed by atoms with E-state index in [2.05, 4.69) is 20.5 Å². The number of thiazole rings is 1. The fourth-order valence-corrected chi connectivity index (χ4v) is 4.94. The summed E-state index contributed by atoms with van der Waals surface area (Å²) in [5.41, 5.74) is 1.88. The minimum Gasteiger partial charge on any atom is -0.475 e. The van der Waals surface area contributed by atoms with Crippen LogP contribution in [0.1, 0.15) is 6.42 Å². The number of aromatic amines is 1. The van der Waals surface area contributed by atoms with Crippen molar-refractivity contribution in [2.24, 2.45) is 5.92 Å². The molecule has 1 amide bonds. The maximum absolute atomic E-state index is 14.6. The number of carboxylic acids is 1. The third kappa shape index (κ3) is 4.97. The lowest BCUT2D eigenvalue weighted by atomic mass is 10.0. The molecule has 15 heteroatoms. The number of anilines is 1. The molecule has 5 rings (SSSR count). The van der Waals surface area contributed by atoms with Gasteiger partial charge in [-0.15, -0.1) is 11.8 Å². The molecule has 1 saturated carbocycles. The number of hydrogen-bond donors (Lipinski definition) is 3. The first kappa shape index (κ1) is 25.8. The van der Waals surface area contributed by atoms with Crippen LogP contribution in [0.2, 0.25) is 0 Å². The average molecular weight is 548 g/mol. The third-order valence-corrected chi connectivity index (χ3v) is 6.88. The smallest absolute Gasteiger partial charge is 0.475 e. The molecule has 2 atom stereocenters. The van der Waals surface area contributed by atoms with Crippen LogP contribution in [0.25, 0.3) is 32.2 Å². The minimum absolute atomic E-state index is 0.0119. The fourth-order valence-electron chi connectivity index (χ4n) is 3.33. The molecular formula is C21H14F6N4O3S2. The number of aliphatic carboxylic acids is 1. The molecule has 0 radical (unpaired) electrons. The number of benzene rings is 2. The van der Waals surface area contributed by atoms with E-state index in [9.17, 15) is 31.1 Å². The lowest BCUT2D eigenvalue weighted by molar-refractivity contribution is -0.192. The van der Waals surface area contributed by atoms with Crippen LogP contribution in [0.3, 0.4) is 0 Å². The van der Waals surface area contributed by atoms with Gasteiger partial charge in [0, 0.05) is 10.9 Å². The van der Waals surface area contributed by atoms with Crippen LogP contribution in [0.15, 0.2) is 29.3 Å². The molecule has 0 unspecified atom stereocenters. The molecule has 4 aromatic rings. The minimum atomic E-state index is -5.08. The lowest BCUT2D eigenvalue weighted by Crippen LogP contribution is -2.21. The molecule has 1 fully saturated rings. The zero-order valence-electron chi connectivity index (χ0n) is 17.9. The number of nitrogens with zero attached hydrogens (tertiary/aromatic N) is 2. The van der Waals surface area contributed by atoms with Gasteiger partial charge < -0.3 is 10.4 Å². The van der Waals surface area contributed by atoms with Crippen molar-refractivity contribution in [2.75, 3.05) is 11.6 Å². The van der Waals surface area contributed by atoms with E-state index in [0.717, 1.165) is 16.5 Å². The first-order valence-electron chi connectivity index (χ1n) is 9.96.